The lowest BCUT2D eigenvalue weighted by molar-refractivity contribution is 0.393. The van der Waals surface area contributed by atoms with Crippen molar-refractivity contribution in [1.29, 1.82) is 0 Å². The van der Waals surface area contributed by atoms with Crippen LogP contribution in [0.5, 0.6) is 0 Å². The number of sulfonamides is 1. The van der Waals surface area contributed by atoms with Crippen LogP contribution in [-0.4, -0.2) is 27.3 Å². The molecule has 2 atom stereocenters. The Kier molecular flexibility index (Phi) is 5.72. The number of rotatable bonds is 7. The standard InChI is InChI=1S/C11H24N2O2S/c1-2-3-7-16(14,15)13-9-11-6-4-5-10(11)8-12/h10-11,13H,2-9,12H2,1H3. The summed E-state index contributed by atoms with van der Waals surface area (Å²) >= 11 is 0. The predicted octanol–water partition coefficient (Wildman–Crippen LogP) is 1.08. The molecule has 0 amide bonds. The normalized spacial score (nSPS) is 26.1. The van der Waals surface area contributed by atoms with Gasteiger partial charge in [0, 0.05) is 6.54 Å². The minimum atomic E-state index is -3.05. The molecule has 0 radical (unpaired) electrons. The highest BCUT2D eigenvalue weighted by molar-refractivity contribution is 7.89. The Labute approximate surface area is 99.0 Å². The lowest BCUT2D eigenvalue weighted by atomic mass is 9.97. The smallest absolute Gasteiger partial charge is 0.211 e. The van der Waals surface area contributed by atoms with E-state index in [4.69, 9.17) is 5.73 Å². The first-order chi connectivity index (χ1) is 7.59. The summed E-state index contributed by atoms with van der Waals surface area (Å²) in [6.45, 7) is 3.26. The largest absolute Gasteiger partial charge is 0.330 e. The van der Waals surface area contributed by atoms with Gasteiger partial charge < -0.3 is 5.73 Å². The van der Waals surface area contributed by atoms with Crippen LogP contribution >= 0.6 is 0 Å². The maximum absolute atomic E-state index is 11.6. The fraction of sp³-hybridized carbons (Fsp3) is 1.00. The molecule has 0 aliphatic heterocycles. The molecule has 16 heavy (non-hydrogen) atoms. The van der Waals surface area contributed by atoms with Crippen LogP contribution in [0.1, 0.15) is 39.0 Å². The van der Waals surface area contributed by atoms with Gasteiger partial charge in [-0.2, -0.15) is 0 Å². The molecular formula is C11H24N2O2S. The molecule has 1 aliphatic carbocycles. The highest BCUT2D eigenvalue weighted by atomic mass is 32.2. The SMILES string of the molecule is CCCCS(=O)(=O)NCC1CCCC1CN. The summed E-state index contributed by atoms with van der Waals surface area (Å²) in [5, 5.41) is 0. The van der Waals surface area contributed by atoms with Crippen molar-refractivity contribution < 1.29 is 8.42 Å². The fourth-order valence-corrected chi connectivity index (χ4v) is 3.61. The Bertz CT molecular complexity index is 290. The molecule has 5 heteroatoms. The summed E-state index contributed by atoms with van der Waals surface area (Å²) < 4.78 is 25.9. The number of hydrogen-bond donors (Lipinski definition) is 2. The third-order valence-electron chi connectivity index (χ3n) is 3.45. The molecule has 1 rings (SSSR count). The Hall–Kier alpha value is -0.130. The molecule has 1 fully saturated rings. The molecule has 0 heterocycles. The summed E-state index contributed by atoms with van der Waals surface area (Å²) in [6.07, 6.45) is 5.09. The zero-order chi connectivity index (χ0) is 12.0. The Balaban J connectivity index is 2.33. The van der Waals surface area contributed by atoms with E-state index >= 15 is 0 Å². The van der Waals surface area contributed by atoms with Gasteiger partial charge in [0.1, 0.15) is 0 Å². The minimum Gasteiger partial charge on any atom is -0.330 e. The van der Waals surface area contributed by atoms with Crippen molar-refractivity contribution in [3.8, 4) is 0 Å². The van der Waals surface area contributed by atoms with Crippen LogP contribution in [0.15, 0.2) is 0 Å². The highest BCUT2D eigenvalue weighted by Gasteiger charge is 2.26. The minimum absolute atomic E-state index is 0.253. The van der Waals surface area contributed by atoms with Crippen LogP contribution in [0.2, 0.25) is 0 Å². The van der Waals surface area contributed by atoms with Gasteiger partial charge in [-0.05, 0) is 37.6 Å². The second-order valence-corrected chi connectivity index (χ2v) is 6.63. The Morgan fingerprint density at radius 3 is 2.62 bits per heavy atom. The zero-order valence-electron chi connectivity index (χ0n) is 10.1. The molecule has 0 saturated heterocycles. The summed E-state index contributed by atoms with van der Waals surface area (Å²) in [7, 11) is -3.05. The number of nitrogens with two attached hydrogens (primary N) is 1. The number of nitrogens with one attached hydrogen (secondary N) is 1. The van der Waals surface area contributed by atoms with Crippen LogP contribution in [0.3, 0.4) is 0 Å². The van der Waals surface area contributed by atoms with Gasteiger partial charge in [-0.3, -0.25) is 0 Å². The first-order valence-corrected chi connectivity index (χ1v) is 7.91. The molecule has 0 aromatic rings. The monoisotopic (exact) mass is 248 g/mol. The summed E-state index contributed by atoms with van der Waals surface area (Å²) in [6, 6.07) is 0. The molecule has 1 aliphatic rings. The summed E-state index contributed by atoms with van der Waals surface area (Å²) in [4.78, 5) is 0. The zero-order valence-corrected chi connectivity index (χ0v) is 10.9. The topological polar surface area (TPSA) is 72.2 Å². The van der Waals surface area contributed by atoms with E-state index in [0.717, 1.165) is 25.7 Å². The van der Waals surface area contributed by atoms with Crippen LogP contribution in [0.25, 0.3) is 0 Å². The molecule has 1 saturated carbocycles. The first kappa shape index (κ1) is 13.9. The van der Waals surface area contributed by atoms with Gasteiger partial charge in [-0.25, -0.2) is 13.1 Å². The number of hydrogen-bond acceptors (Lipinski definition) is 3. The van der Waals surface area contributed by atoms with Crippen molar-refractivity contribution in [3.63, 3.8) is 0 Å². The second-order valence-electron chi connectivity index (χ2n) is 4.71. The fourth-order valence-electron chi connectivity index (χ4n) is 2.33. The second kappa shape index (κ2) is 6.57. The lowest BCUT2D eigenvalue weighted by Gasteiger charge is -2.18. The Morgan fingerprint density at radius 1 is 1.31 bits per heavy atom. The number of unbranched alkanes of at least 4 members (excludes halogenated alkanes) is 1. The van der Waals surface area contributed by atoms with Crippen molar-refractivity contribution in [3.05, 3.63) is 0 Å². The molecule has 0 aromatic heterocycles. The average molecular weight is 248 g/mol. The third-order valence-corrected chi connectivity index (χ3v) is 4.88. The quantitative estimate of drug-likeness (QED) is 0.708. The van der Waals surface area contributed by atoms with E-state index in [0.29, 0.717) is 24.9 Å². The van der Waals surface area contributed by atoms with E-state index in [-0.39, 0.29) is 5.75 Å². The molecular weight excluding hydrogens is 224 g/mol. The molecule has 0 spiro atoms. The lowest BCUT2D eigenvalue weighted by Crippen LogP contribution is -2.34. The van der Waals surface area contributed by atoms with E-state index in [9.17, 15) is 8.42 Å². The molecule has 0 bridgehead atoms. The van der Waals surface area contributed by atoms with E-state index in [1.807, 2.05) is 6.92 Å². The van der Waals surface area contributed by atoms with Crippen LogP contribution < -0.4 is 10.5 Å². The van der Waals surface area contributed by atoms with Crippen molar-refractivity contribution in [2.24, 2.45) is 17.6 Å². The summed E-state index contributed by atoms with van der Waals surface area (Å²) in [5.41, 5.74) is 5.67. The summed E-state index contributed by atoms with van der Waals surface area (Å²) in [5.74, 6) is 1.21. The molecule has 0 aromatic carbocycles. The van der Waals surface area contributed by atoms with Crippen molar-refractivity contribution in [2.75, 3.05) is 18.8 Å². The van der Waals surface area contributed by atoms with Crippen LogP contribution in [0, 0.1) is 11.8 Å². The van der Waals surface area contributed by atoms with Crippen LogP contribution in [0.4, 0.5) is 0 Å². The average Bonchev–Trinajstić information content (AvgIpc) is 2.71. The van der Waals surface area contributed by atoms with Crippen molar-refractivity contribution in [1.82, 2.24) is 4.72 Å². The first-order valence-electron chi connectivity index (χ1n) is 6.26. The van der Waals surface area contributed by atoms with Gasteiger partial charge in [0.2, 0.25) is 10.0 Å². The van der Waals surface area contributed by atoms with Gasteiger partial charge in [0.05, 0.1) is 5.75 Å². The van der Waals surface area contributed by atoms with E-state index in [2.05, 4.69) is 4.72 Å². The molecule has 96 valence electrons. The molecule has 3 N–H and O–H groups in total. The maximum Gasteiger partial charge on any atom is 0.211 e. The van der Waals surface area contributed by atoms with Gasteiger partial charge >= 0.3 is 0 Å². The van der Waals surface area contributed by atoms with E-state index in [1.54, 1.807) is 0 Å². The van der Waals surface area contributed by atoms with Gasteiger partial charge in [-0.15, -0.1) is 0 Å². The highest BCUT2D eigenvalue weighted by Crippen LogP contribution is 2.30. The maximum atomic E-state index is 11.6. The van der Waals surface area contributed by atoms with Crippen LogP contribution in [-0.2, 0) is 10.0 Å². The van der Waals surface area contributed by atoms with Crippen molar-refractivity contribution >= 4 is 10.0 Å². The molecule has 2 unspecified atom stereocenters. The van der Waals surface area contributed by atoms with E-state index < -0.39 is 10.0 Å². The van der Waals surface area contributed by atoms with Gasteiger partial charge in [-0.1, -0.05) is 19.8 Å². The third kappa shape index (κ3) is 4.39. The predicted molar refractivity (Wildman–Crippen MR) is 66.6 cm³/mol. The van der Waals surface area contributed by atoms with Gasteiger partial charge in [0.15, 0.2) is 0 Å². The van der Waals surface area contributed by atoms with E-state index in [1.165, 1.54) is 6.42 Å². The van der Waals surface area contributed by atoms with Gasteiger partial charge in [0.25, 0.3) is 0 Å². The Morgan fingerprint density at radius 2 is 2.00 bits per heavy atom. The van der Waals surface area contributed by atoms with Crippen molar-refractivity contribution in [2.45, 2.75) is 39.0 Å². The molecule has 4 nitrogen and oxygen atoms in total.